The zero-order chi connectivity index (χ0) is 15.4. The molecule has 0 unspecified atom stereocenters. The van der Waals surface area contributed by atoms with Crippen LogP contribution < -0.4 is 15.6 Å². The smallest absolute Gasteiger partial charge is 0.132 e. The molecular weight excluding hydrogens is 310 g/mol. The third kappa shape index (κ3) is 2.44. The fourth-order valence-corrected chi connectivity index (χ4v) is 10.1. The Morgan fingerprint density at radius 2 is 0.773 bits per heavy atom. The van der Waals surface area contributed by atoms with Crippen LogP contribution in [-0.4, -0.2) is 16.6 Å². The largest absolute Gasteiger partial charge is 0.478 e. The average molecular weight is 325 g/mol. The SMILES string of the molecule is F[Si-](F)[Si](c1ccccc1)(c1ccccc1)c1ccccc1. The molecule has 0 aromatic heterocycles. The van der Waals surface area contributed by atoms with E-state index in [1.54, 1.807) is 0 Å². The van der Waals surface area contributed by atoms with Gasteiger partial charge in [0, 0.05) is 0 Å². The molecule has 0 fully saturated rings. The molecule has 0 aliphatic carbocycles. The molecule has 0 radical (unpaired) electrons. The van der Waals surface area contributed by atoms with E-state index < -0.39 is 16.6 Å². The van der Waals surface area contributed by atoms with Crippen molar-refractivity contribution in [2.24, 2.45) is 0 Å². The van der Waals surface area contributed by atoms with Crippen molar-refractivity contribution in [3.05, 3.63) is 91.0 Å². The maximum atomic E-state index is 14.6. The lowest BCUT2D eigenvalue weighted by molar-refractivity contribution is 0.693. The second kappa shape index (κ2) is 6.38. The minimum atomic E-state index is -3.55. The summed E-state index contributed by atoms with van der Waals surface area (Å²) in [5, 5.41) is 2.35. The molecule has 0 aliphatic rings. The van der Waals surface area contributed by atoms with Gasteiger partial charge in [0.25, 0.3) is 0 Å². The monoisotopic (exact) mass is 325 g/mol. The highest BCUT2D eigenvalue weighted by molar-refractivity contribution is 7.46. The molecule has 3 aromatic carbocycles. The Bertz CT molecular complexity index is 619. The molecule has 22 heavy (non-hydrogen) atoms. The van der Waals surface area contributed by atoms with Gasteiger partial charge in [-0.15, -0.1) is 0 Å². The van der Waals surface area contributed by atoms with E-state index in [0.717, 1.165) is 15.6 Å². The van der Waals surface area contributed by atoms with Gasteiger partial charge in [-0.3, -0.25) is 0 Å². The predicted molar refractivity (Wildman–Crippen MR) is 92.0 cm³/mol. The van der Waals surface area contributed by atoms with Gasteiger partial charge in [-0.2, -0.15) is 0 Å². The van der Waals surface area contributed by atoms with Crippen LogP contribution in [0.3, 0.4) is 0 Å². The Balaban J connectivity index is 2.34. The fourth-order valence-electron chi connectivity index (χ4n) is 2.89. The van der Waals surface area contributed by atoms with E-state index in [1.165, 1.54) is 0 Å². The second-order valence-electron chi connectivity index (χ2n) is 5.11. The third-order valence-corrected chi connectivity index (χ3v) is 12.4. The summed E-state index contributed by atoms with van der Waals surface area (Å²) in [7, 11) is -6.78. The highest BCUT2D eigenvalue weighted by Gasteiger charge is 2.38. The molecule has 0 N–H and O–H groups in total. The molecule has 0 amide bonds. The Morgan fingerprint density at radius 3 is 1.00 bits per heavy atom. The number of halogens is 2. The summed E-state index contributed by atoms with van der Waals surface area (Å²) >= 11 is 0. The molecule has 0 bridgehead atoms. The normalized spacial score (nSPS) is 11.6. The maximum absolute atomic E-state index is 14.6. The van der Waals surface area contributed by atoms with Gasteiger partial charge in [0.2, 0.25) is 0 Å². The molecule has 110 valence electrons. The van der Waals surface area contributed by atoms with Crippen molar-refractivity contribution in [1.29, 1.82) is 0 Å². The summed E-state index contributed by atoms with van der Waals surface area (Å²) < 4.78 is 29.2. The molecule has 0 spiro atoms. The fraction of sp³-hybridized carbons (Fsp3) is 0. The lowest BCUT2D eigenvalue weighted by Gasteiger charge is -2.41. The Hall–Kier alpha value is -2.05. The summed E-state index contributed by atoms with van der Waals surface area (Å²) in [6.45, 7) is 0. The van der Waals surface area contributed by atoms with E-state index in [-0.39, 0.29) is 0 Å². The molecule has 0 aliphatic heterocycles. The number of hydrogen-bond donors (Lipinski definition) is 0. The van der Waals surface area contributed by atoms with Gasteiger partial charge >= 0.3 is 0 Å². The van der Waals surface area contributed by atoms with Crippen LogP contribution >= 0.6 is 0 Å². The summed E-state index contributed by atoms with van der Waals surface area (Å²) in [5.74, 6) is 0. The van der Waals surface area contributed by atoms with E-state index in [0.29, 0.717) is 0 Å². The summed E-state index contributed by atoms with van der Waals surface area (Å²) in [6, 6.07) is 27.9. The topological polar surface area (TPSA) is 0 Å². The standard InChI is InChI=1S/C18H15F2Si2/c19-21(20)22(16-10-4-1-5-11-16,17-12-6-2-7-13-17)18-14-8-3-9-15-18/h1-15H/q-1. The quantitative estimate of drug-likeness (QED) is 0.393. The predicted octanol–water partition coefficient (Wildman–Crippen LogP) is 2.66. The van der Waals surface area contributed by atoms with Crippen molar-refractivity contribution in [1.82, 2.24) is 0 Å². The van der Waals surface area contributed by atoms with Crippen LogP contribution in [0.15, 0.2) is 91.0 Å². The minimum Gasteiger partial charge on any atom is -0.478 e. The summed E-state index contributed by atoms with van der Waals surface area (Å²) in [4.78, 5) is 0. The van der Waals surface area contributed by atoms with Crippen LogP contribution in [0, 0.1) is 0 Å². The van der Waals surface area contributed by atoms with Gasteiger partial charge in [-0.05, 0) is 0 Å². The lowest BCUT2D eigenvalue weighted by atomic mass is 10.3. The van der Waals surface area contributed by atoms with Crippen LogP contribution in [0.4, 0.5) is 8.22 Å². The van der Waals surface area contributed by atoms with Crippen LogP contribution in [0.25, 0.3) is 0 Å². The number of rotatable bonds is 4. The highest BCUT2D eigenvalue weighted by atomic mass is 29.3. The minimum absolute atomic E-state index is 0.784. The first-order valence-electron chi connectivity index (χ1n) is 7.11. The molecule has 0 saturated carbocycles. The van der Waals surface area contributed by atoms with Gasteiger partial charge in [0.15, 0.2) is 0 Å². The van der Waals surface area contributed by atoms with E-state index in [2.05, 4.69) is 0 Å². The second-order valence-corrected chi connectivity index (χ2v) is 12.2. The van der Waals surface area contributed by atoms with Crippen molar-refractivity contribution >= 4 is 32.1 Å². The van der Waals surface area contributed by atoms with Gasteiger partial charge in [-0.1, -0.05) is 107 Å². The average Bonchev–Trinajstić information content (AvgIpc) is 2.58. The van der Waals surface area contributed by atoms with E-state index in [4.69, 9.17) is 0 Å². The molecule has 3 rings (SSSR count). The van der Waals surface area contributed by atoms with Crippen LogP contribution in [0.2, 0.25) is 0 Å². The van der Waals surface area contributed by atoms with Crippen molar-refractivity contribution in [2.75, 3.05) is 0 Å². The van der Waals surface area contributed by atoms with Gasteiger partial charge in [0.1, 0.15) is 8.98 Å². The molecule has 0 nitrogen and oxygen atoms in total. The molecule has 0 atom stereocenters. The molecule has 0 heterocycles. The van der Waals surface area contributed by atoms with Crippen molar-refractivity contribution in [3.63, 3.8) is 0 Å². The molecule has 0 saturated heterocycles. The first-order chi connectivity index (χ1) is 10.8. The van der Waals surface area contributed by atoms with Gasteiger partial charge in [-0.25, -0.2) is 0 Å². The molecule has 4 heteroatoms. The molecule has 3 aromatic rings. The maximum Gasteiger partial charge on any atom is 0.132 e. The first kappa shape index (κ1) is 14.9. The Labute approximate surface area is 131 Å². The molecular formula is C18H15F2Si2-. The van der Waals surface area contributed by atoms with Crippen LogP contribution in [0.1, 0.15) is 0 Å². The Morgan fingerprint density at radius 1 is 0.500 bits per heavy atom. The summed E-state index contributed by atoms with van der Waals surface area (Å²) in [6.07, 6.45) is 0. The lowest BCUT2D eigenvalue weighted by Crippen LogP contribution is -2.74. The highest BCUT2D eigenvalue weighted by Crippen LogP contribution is 2.13. The van der Waals surface area contributed by atoms with Gasteiger partial charge in [0.05, 0.1) is 7.59 Å². The first-order valence-corrected chi connectivity index (χ1v) is 11.4. The van der Waals surface area contributed by atoms with Crippen molar-refractivity contribution in [3.8, 4) is 0 Å². The Kier molecular flexibility index (Phi) is 4.31. The zero-order valence-electron chi connectivity index (χ0n) is 11.9. The van der Waals surface area contributed by atoms with E-state index >= 15 is 0 Å². The van der Waals surface area contributed by atoms with Crippen LogP contribution in [-0.2, 0) is 0 Å². The van der Waals surface area contributed by atoms with Gasteiger partial charge < -0.3 is 8.22 Å². The van der Waals surface area contributed by atoms with Crippen molar-refractivity contribution in [2.45, 2.75) is 0 Å². The van der Waals surface area contributed by atoms with Crippen LogP contribution in [0.5, 0.6) is 0 Å². The third-order valence-electron chi connectivity index (χ3n) is 3.90. The van der Waals surface area contributed by atoms with Crippen molar-refractivity contribution < 1.29 is 8.22 Å². The van der Waals surface area contributed by atoms with E-state index in [1.807, 2.05) is 91.0 Å². The number of hydrogen-bond acceptors (Lipinski definition) is 0. The summed E-state index contributed by atoms with van der Waals surface area (Å²) in [5.41, 5.74) is 0. The number of benzene rings is 3. The van der Waals surface area contributed by atoms with E-state index in [9.17, 15) is 8.22 Å². The zero-order valence-corrected chi connectivity index (χ0v) is 13.9.